The SMILES string of the molecule is CCNC(=NCCC1=CCOCC1)NC1CCN(Cc2ccccc2C)CC1. The third-order valence-corrected chi connectivity index (χ3v) is 5.69. The highest BCUT2D eigenvalue weighted by molar-refractivity contribution is 5.80. The largest absolute Gasteiger partial charge is 0.377 e. The standard InChI is InChI=1S/C23H36N4O/c1-3-24-23(25-13-8-20-11-16-28-17-12-20)26-22-9-14-27(15-10-22)18-21-7-5-4-6-19(21)2/h4-7,11,22H,3,8-10,12-18H2,1-2H3,(H2,24,25,26). The molecule has 0 amide bonds. The molecule has 3 rings (SSSR count). The molecule has 1 saturated heterocycles. The van der Waals surface area contributed by atoms with Gasteiger partial charge in [0.15, 0.2) is 5.96 Å². The molecule has 5 nitrogen and oxygen atoms in total. The minimum atomic E-state index is 0.508. The van der Waals surface area contributed by atoms with Crippen molar-refractivity contribution in [2.75, 3.05) is 39.4 Å². The second-order valence-corrected chi connectivity index (χ2v) is 7.82. The normalized spacial score (nSPS) is 19.4. The molecule has 2 aliphatic heterocycles. The van der Waals surface area contributed by atoms with E-state index in [4.69, 9.17) is 9.73 Å². The maximum atomic E-state index is 5.38. The molecular formula is C23H36N4O. The van der Waals surface area contributed by atoms with Crippen LogP contribution in [0.15, 0.2) is 40.9 Å². The maximum absolute atomic E-state index is 5.38. The van der Waals surface area contributed by atoms with E-state index in [2.05, 4.69) is 59.7 Å². The smallest absolute Gasteiger partial charge is 0.191 e. The van der Waals surface area contributed by atoms with E-state index in [1.54, 1.807) is 0 Å². The molecule has 1 aromatic rings. The van der Waals surface area contributed by atoms with Gasteiger partial charge in [-0.1, -0.05) is 35.9 Å². The molecule has 0 aliphatic carbocycles. The molecule has 0 atom stereocenters. The second-order valence-electron chi connectivity index (χ2n) is 7.82. The number of nitrogens with zero attached hydrogens (tertiary/aromatic N) is 2. The fraction of sp³-hybridized carbons (Fsp3) is 0.609. The van der Waals surface area contributed by atoms with Crippen LogP contribution in [0.5, 0.6) is 0 Å². The molecule has 5 heteroatoms. The average molecular weight is 385 g/mol. The monoisotopic (exact) mass is 384 g/mol. The van der Waals surface area contributed by atoms with Crippen LogP contribution in [-0.2, 0) is 11.3 Å². The van der Waals surface area contributed by atoms with Gasteiger partial charge in [-0.05, 0) is 50.7 Å². The van der Waals surface area contributed by atoms with Gasteiger partial charge in [0.1, 0.15) is 0 Å². The predicted molar refractivity (Wildman–Crippen MR) is 117 cm³/mol. The van der Waals surface area contributed by atoms with Crippen molar-refractivity contribution in [2.24, 2.45) is 4.99 Å². The van der Waals surface area contributed by atoms with E-state index < -0.39 is 0 Å². The van der Waals surface area contributed by atoms with E-state index in [0.29, 0.717) is 6.04 Å². The van der Waals surface area contributed by atoms with E-state index in [1.165, 1.54) is 29.5 Å². The van der Waals surface area contributed by atoms with Gasteiger partial charge in [0.2, 0.25) is 0 Å². The molecular weight excluding hydrogens is 348 g/mol. The third kappa shape index (κ3) is 6.64. The molecule has 1 aromatic carbocycles. The Kier molecular flexibility index (Phi) is 8.37. The number of ether oxygens (including phenoxy) is 1. The molecule has 154 valence electrons. The summed E-state index contributed by atoms with van der Waals surface area (Å²) >= 11 is 0. The van der Waals surface area contributed by atoms with Crippen molar-refractivity contribution in [3.63, 3.8) is 0 Å². The van der Waals surface area contributed by atoms with Crippen LogP contribution < -0.4 is 10.6 Å². The lowest BCUT2D eigenvalue weighted by Crippen LogP contribution is -2.48. The first-order chi connectivity index (χ1) is 13.7. The molecule has 2 aliphatic rings. The average Bonchev–Trinajstić information content (AvgIpc) is 2.72. The summed E-state index contributed by atoms with van der Waals surface area (Å²) in [6.07, 6.45) is 6.63. The molecule has 1 fully saturated rings. The summed E-state index contributed by atoms with van der Waals surface area (Å²) in [5.41, 5.74) is 4.32. The van der Waals surface area contributed by atoms with E-state index in [0.717, 1.165) is 64.7 Å². The maximum Gasteiger partial charge on any atom is 0.191 e. The van der Waals surface area contributed by atoms with Crippen LogP contribution in [0.25, 0.3) is 0 Å². The summed E-state index contributed by atoms with van der Waals surface area (Å²) in [6.45, 7) is 11.0. The van der Waals surface area contributed by atoms with E-state index in [-0.39, 0.29) is 0 Å². The zero-order valence-electron chi connectivity index (χ0n) is 17.5. The lowest BCUT2D eigenvalue weighted by Gasteiger charge is -2.33. The van der Waals surface area contributed by atoms with Crippen molar-refractivity contribution < 1.29 is 4.74 Å². The topological polar surface area (TPSA) is 48.9 Å². The highest BCUT2D eigenvalue weighted by atomic mass is 16.5. The zero-order valence-corrected chi connectivity index (χ0v) is 17.5. The van der Waals surface area contributed by atoms with Gasteiger partial charge in [0.25, 0.3) is 0 Å². The van der Waals surface area contributed by atoms with Crippen molar-refractivity contribution in [3.05, 3.63) is 47.0 Å². The second kappa shape index (κ2) is 11.2. The van der Waals surface area contributed by atoms with Crippen molar-refractivity contribution in [1.29, 1.82) is 0 Å². The molecule has 28 heavy (non-hydrogen) atoms. The summed E-state index contributed by atoms with van der Waals surface area (Å²) in [7, 11) is 0. The summed E-state index contributed by atoms with van der Waals surface area (Å²) in [5.74, 6) is 0.965. The van der Waals surface area contributed by atoms with Gasteiger partial charge in [0.05, 0.1) is 13.2 Å². The van der Waals surface area contributed by atoms with Gasteiger partial charge >= 0.3 is 0 Å². The first-order valence-corrected chi connectivity index (χ1v) is 10.8. The lowest BCUT2D eigenvalue weighted by molar-refractivity contribution is 0.153. The molecule has 2 N–H and O–H groups in total. The van der Waals surface area contributed by atoms with Crippen LogP contribution in [0.2, 0.25) is 0 Å². The fourth-order valence-corrected chi connectivity index (χ4v) is 3.88. The number of guanidine groups is 1. The van der Waals surface area contributed by atoms with Crippen LogP contribution >= 0.6 is 0 Å². The Labute approximate surface area is 170 Å². The number of aryl methyl sites for hydroxylation is 1. The molecule has 0 radical (unpaired) electrons. The number of hydrogen-bond acceptors (Lipinski definition) is 3. The Morgan fingerprint density at radius 3 is 2.79 bits per heavy atom. The lowest BCUT2D eigenvalue weighted by atomic mass is 10.0. The van der Waals surface area contributed by atoms with Gasteiger partial charge in [-0.25, -0.2) is 0 Å². The molecule has 2 heterocycles. The van der Waals surface area contributed by atoms with Crippen LogP contribution in [0.4, 0.5) is 0 Å². The Morgan fingerprint density at radius 1 is 1.25 bits per heavy atom. The molecule has 0 spiro atoms. The Hall–Kier alpha value is -1.85. The van der Waals surface area contributed by atoms with Crippen molar-refractivity contribution in [3.8, 4) is 0 Å². The first kappa shape index (κ1) is 20.9. The summed E-state index contributed by atoms with van der Waals surface area (Å²) in [4.78, 5) is 7.37. The zero-order chi connectivity index (χ0) is 19.6. The van der Waals surface area contributed by atoms with Crippen LogP contribution in [0.1, 0.15) is 43.7 Å². The summed E-state index contributed by atoms with van der Waals surface area (Å²) in [6, 6.07) is 9.23. The van der Waals surface area contributed by atoms with Crippen LogP contribution in [0, 0.1) is 6.92 Å². The Bertz CT molecular complexity index is 662. The number of nitrogens with one attached hydrogen (secondary N) is 2. The number of rotatable bonds is 7. The number of benzene rings is 1. The van der Waals surface area contributed by atoms with E-state index in [1.807, 2.05) is 0 Å². The van der Waals surface area contributed by atoms with Gasteiger partial charge in [-0.15, -0.1) is 0 Å². The number of hydrogen-bond donors (Lipinski definition) is 2. The minimum absolute atomic E-state index is 0.508. The summed E-state index contributed by atoms with van der Waals surface area (Å²) in [5, 5.41) is 7.07. The van der Waals surface area contributed by atoms with Gasteiger partial charge in [-0.3, -0.25) is 9.89 Å². The van der Waals surface area contributed by atoms with E-state index >= 15 is 0 Å². The summed E-state index contributed by atoms with van der Waals surface area (Å²) < 4.78 is 5.38. The fourth-order valence-electron chi connectivity index (χ4n) is 3.88. The minimum Gasteiger partial charge on any atom is -0.377 e. The van der Waals surface area contributed by atoms with Gasteiger partial charge in [0, 0.05) is 38.8 Å². The Balaban J connectivity index is 1.43. The molecule has 0 saturated carbocycles. The molecule has 0 aromatic heterocycles. The molecule has 0 bridgehead atoms. The van der Waals surface area contributed by atoms with Crippen LogP contribution in [-0.4, -0.2) is 56.3 Å². The third-order valence-electron chi connectivity index (χ3n) is 5.69. The molecule has 0 unspecified atom stereocenters. The van der Waals surface area contributed by atoms with Crippen LogP contribution in [0.3, 0.4) is 0 Å². The van der Waals surface area contributed by atoms with Crippen molar-refractivity contribution in [1.82, 2.24) is 15.5 Å². The van der Waals surface area contributed by atoms with E-state index in [9.17, 15) is 0 Å². The number of likely N-dealkylation sites (tertiary alicyclic amines) is 1. The van der Waals surface area contributed by atoms with Gasteiger partial charge in [-0.2, -0.15) is 0 Å². The number of aliphatic imine (C=N–C) groups is 1. The van der Waals surface area contributed by atoms with Crippen molar-refractivity contribution >= 4 is 5.96 Å². The highest BCUT2D eigenvalue weighted by Gasteiger charge is 2.20. The Morgan fingerprint density at radius 2 is 2.07 bits per heavy atom. The van der Waals surface area contributed by atoms with Crippen molar-refractivity contribution in [2.45, 2.75) is 52.1 Å². The van der Waals surface area contributed by atoms with Gasteiger partial charge < -0.3 is 15.4 Å². The quantitative estimate of drug-likeness (QED) is 0.430. The highest BCUT2D eigenvalue weighted by Crippen LogP contribution is 2.16. The first-order valence-electron chi connectivity index (χ1n) is 10.8. The predicted octanol–water partition coefficient (Wildman–Crippen LogP) is 3.25. The number of piperidine rings is 1.